The standard InChI is InChI=1S/C14H14N2O4S/c1-8(17)16-12(14(19)20)7-21-13-11-6-10(18)3-2-9(11)4-5-15-13/h2-6,12,18H,7H2,1H3,(H,16,17)(H,19,20). The molecule has 0 aliphatic rings. The molecule has 1 amide bonds. The van der Waals surface area contributed by atoms with Crippen molar-refractivity contribution in [2.75, 3.05) is 5.75 Å². The number of amides is 1. The second-order valence-corrected chi connectivity index (χ2v) is 5.43. The quantitative estimate of drug-likeness (QED) is 0.726. The third-order valence-electron chi connectivity index (χ3n) is 2.78. The fourth-order valence-corrected chi connectivity index (χ4v) is 2.85. The summed E-state index contributed by atoms with van der Waals surface area (Å²) in [6.07, 6.45) is 1.62. The summed E-state index contributed by atoms with van der Waals surface area (Å²) in [5.74, 6) is -1.22. The summed E-state index contributed by atoms with van der Waals surface area (Å²) >= 11 is 1.22. The van der Waals surface area contributed by atoms with Gasteiger partial charge in [0.05, 0.1) is 0 Å². The van der Waals surface area contributed by atoms with Crippen LogP contribution in [0.1, 0.15) is 6.92 Å². The number of fused-ring (bicyclic) bond motifs is 1. The number of hydrogen-bond donors (Lipinski definition) is 3. The van der Waals surface area contributed by atoms with Crippen molar-refractivity contribution in [1.29, 1.82) is 0 Å². The van der Waals surface area contributed by atoms with Gasteiger partial charge in [-0.05, 0) is 23.6 Å². The van der Waals surface area contributed by atoms with Crippen molar-refractivity contribution < 1.29 is 19.8 Å². The molecule has 6 nitrogen and oxygen atoms in total. The van der Waals surface area contributed by atoms with Crippen molar-refractivity contribution in [3.05, 3.63) is 30.5 Å². The Kier molecular flexibility index (Phi) is 4.64. The molecule has 7 heteroatoms. The maximum atomic E-state index is 11.1. The molecule has 0 bridgehead atoms. The van der Waals surface area contributed by atoms with E-state index in [2.05, 4.69) is 10.3 Å². The summed E-state index contributed by atoms with van der Waals surface area (Å²) in [7, 11) is 0. The summed E-state index contributed by atoms with van der Waals surface area (Å²) in [6, 6.07) is 5.74. The fraction of sp³-hybridized carbons (Fsp3) is 0.214. The van der Waals surface area contributed by atoms with Gasteiger partial charge in [-0.2, -0.15) is 0 Å². The molecule has 3 N–H and O–H groups in total. The lowest BCUT2D eigenvalue weighted by Crippen LogP contribution is -2.41. The molecule has 2 aromatic rings. The molecule has 21 heavy (non-hydrogen) atoms. The van der Waals surface area contributed by atoms with Crippen LogP contribution in [0.2, 0.25) is 0 Å². The number of thioether (sulfide) groups is 1. The number of nitrogens with zero attached hydrogens (tertiary/aromatic N) is 1. The molecule has 2 rings (SSSR count). The van der Waals surface area contributed by atoms with Crippen LogP contribution in [-0.4, -0.2) is 38.9 Å². The first-order chi connectivity index (χ1) is 9.97. The van der Waals surface area contributed by atoms with Crippen molar-refractivity contribution in [1.82, 2.24) is 10.3 Å². The van der Waals surface area contributed by atoms with Crippen LogP contribution in [-0.2, 0) is 9.59 Å². The Morgan fingerprint density at radius 1 is 1.38 bits per heavy atom. The molecule has 0 radical (unpaired) electrons. The molecule has 0 fully saturated rings. The second-order valence-electron chi connectivity index (χ2n) is 4.42. The van der Waals surface area contributed by atoms with Crippen LogP contribution in [0.25, 0.3) is 10.8 Å². The Bertz CT molecular complexity index is 690. The number of nitrogens with one attached hydrogen (secondary N) is 1. The van der Waals surface area contributed by atoms with Crippen LogP contribution in [0.5, 0.6) is 5.75 Å². The summed E-state index contributed by atoms with van der Waals surface area (Å²) in [6.45, 7) is 1.27. The zero-order valence-electron chi connectivity index (χ0n) is 11.2. The van der Waals surface area contributed by atoms with Crippen LogP contribution < -0.4 is 5.32 Å². The van der Waals surface area contributed by atoms with Gasteiger partial charge in [-0.3, -0.25) is 4.79 Å². The Labute approximate surface area is 125 Å². The lowest BCUT2D eigenvalue weighted by Gasteiger charge is -2.13. The molecule has 0 saturated heterocycles. The van der Waals surface area contributed by atoms with E-state index in [1.807, 2.05) is 0 Å². The highest BCUT2D eigenvalue weighted by Gasteiger charge is 2.19. The summed E-state index contributed by atoms with van der Waals surface area (Å²) in [5, 5.41) is 23.2. The highest BCUT2D eigenvalue weighted by atomic mass is 32.2. The lowest BCUT2D eigenvalue weighted by atomic mass is 10.2. The number of aromatic hydroxyl groups is 1. The molecule has 1 aromatic carbocycles. The fourth-order valence-electron chi connectivity index (χ4n) is 1.83. The maximum Gasteiger partial charge on any atom is 0.327 e. The van der Waals surface area contributed by atoms with Crippen LogP contribution >= 0.6 is 11.8 Å². The first kappa shape index (κ1) is 15.1. The average Bonchev–Trinajstić information content (AvgIpc) is 2.42. The van der Waals surface area contributed by atoms with Gasteiger partial charge in [0.1, 0.15) is 16.8 Å². The number of aliphatic carboxylic acids is 1. The Balaban J connectivity index is 2.21. The van der Waals surface area contributed by atoms with E-state index in [1.165, 1.54) is 18.7 Å². The number of phenolic OH excluding ortho intramolecular Hbond substituents is 1. The van der Waals surface area contributed by atoms with E-state index in [9.17, 15) is 14.7 Å². The van der Waals surface area contributed by atoms with Gasteiger partial charge in [0.15, 0.2) is 0 Å². The van der Waals surface area contributed by atoms with Gasteiger partial charge in [0.2, 0.25) is 5.91 Å². The van der Waals surface area contributed by atoms with Gasteiger partial charge in [0, 0.05) is 24.3 Å². The lowest BCUT2D eigenvalue weighted by molar-refractivity contribution is -0.140. The average molecular weight is 306 g/mol. The highest BCUT2D eigenvalue weighted by Crippen LogP contribution is 2.28. The van der Waals surface area contributed by atoms with E-state index in [0.29, 0.717) is 5.03 Å². The topological polar surface area (TPSA) is 99.5 Å². The molecule has 1 heterocycles. The van der Waals surface area contributed by atoms with Crippen molar-refractivity contribution in [3.63, 3.8) is 0 Å². The number of hydrogen-bond acceptors (Lipinski definition) is 5. The number of carbonyl (C=O) groups excluding carboxylic acids is 1. The molecule has 1 atom stereocenters. The number of benzene rings is 1. The SMILES string of the molecule is CC(=O)NC(CSc1nccc2ccc(O)cc12)C(=O)O. The zero-order valence-corrected chi connectivity index (χ0v) is 12.1. The Morgan fingerprint density at radius 2 is 2.14 bits per heavy atom. The minimum Gasteiger partial charge on any atom is -0.508 e. The number of carboxylic acid groups (broad SMARTS) is 1. The second kappa shape index (κ2) is 6.45. The van der Waals surface area contributed by atoms with Gasteiger partial charge >= 0.3 is 5.97 Å². The largest absolute Gasteiger partial charge is 0.508 e. The smallest absolute Gasteiger partial charge is 0.327 e. The van der Waals surface area contributed by atoms with E-state index in [0.717, 1.165) is 10.8 Å². The maximum absolute atomic E-state index is 11.1. The van der Waals surface area contributed by atoms with Crippen molar-refractivity contribution in [2.45, 2.75) is 18.0 Å². The molecule has 0 spiro atoms. The monoisotopic (exact) mass is 306 g/mol. The number of phenols is 1. The van der Waals surface area contributed by atoms with E-state index in [-0.39, 0.29) is 11.5 Å². The Hall–Kier alpha value is -2.28. The molecular formula is C14H14N2O4S. The Morgan fingerprint density at radius 3 is 2.81 bits per heavy atom. The summed E-state index contributed by atoms with van der Waals surface area (Å²) < 4.78 is 0. The predicted molar refractivity (Wildman–Crippen MR) is 79.4 cm³/mol. The molecule has 110 valence electrons. The first-order valence-electron chi connectivity index (χ1n) is 6.18. The molecule has 1 aromatic heterocycles. The van der Waals surface area contributed by atoms with Crippen LogP contribution in [0.3, 0.4) is 0 Å². The molecule has 0 aliphatic heterocycles. The zero-order chi connectivity index (χ0) is 15.4. The van der Waals surface area contributed by atoms with Crippen molar-refractivity contribution >= 4 is 34.4 Å². The third-order valence-corrected chi connectivity index (χ3v) is 3.87. The number of carbonyl (C=O) groups is 2. The molecular weight excluding hydrogens is 292 g/mol. The predicted octanol–water partition coefficient (Wildman–Crippen LogP) is 1.62. The van der Waals surface area contributed by atoms with E-state index in [1.54, 1.807) is 30.5 Å². The van der Waals surface area contributed by atoms with Crippen molar-refractivity contribution in [3.8, 4) is 5.75 Å². The van der Waals surface area contributed by atoms with Crippen LogP contribution in [0.15, 0.2) is 35.5 Å². The highest BCUT2D eigenvalue weighted by molar-refractivity contribution is 7.99. The van der Waals surface area contributed by atoms with E-state index < -0.39 is 17.9 Å². The van der Waals surface area contributed by atoms with Crippen LogP contribution in [0, 0.1) is 0 Å². The van der Waals surface area contributed by atoms with Gasteiger partial charge in [-0.15, -0.1) is 11.8 Å². The van der Waals surface area contributed by atoms with E-state index >= 15 is 0 Å². The third kappa shape index (κ3) is 3.85. The number of pyridine rings is 1. The minimum atomic E-state index is -1.10. The minimum absolute atomic E-state index is 0.119. The summed E-state index contributed by atoms with van der Waals surface area (Å²) in [5.41, 5.74) is 0. The normalized spacial score (nSPS) is 12.0. The number of aromatic nitrogens is 1. The van der Waals surface area contributed by atoms with Crippen molar-refractivity contribution in [2.24, 2.45) is 0 Å². The molecule has 0 aliphatic carbocycles. The van der Waals surface area contributed by atoms with Crippen LogP contribution in [0.4, 0.5) is 0 Å². The summed E-state index contributed by atoms with van der Waals surface area (Å²) in [4.78, 5) is 26.3. The van der Waals surface area contributed by atoms with E-state index in [4.69, 9.17) is 5.11 Å². The number of carboxylic acids is 1. The van der Waals surface area contributed by atoms with Gasteiger partial charge in [0.25, 0.3) is 0 Å². The van der Waals surface area contributed by atoms with Gasteiger partial charge < -0.3 is 15.5 Å². The first-order valence-corrected chi connectivity index (χ1v) is 7.16. The molecule has 0 saturated carbocycles. The number of rotatable bonds is 5. The molecule has 1 unspecified atom stereocenters. The van der Waals surface area contributed by atoms with Gasteiger partial charge in [-0.25, -0.2) is 9.78 Å². The van der Waals surface area contributed by atoms with Gasteiger partial charge in [-0.1, -0.05) is 6.07 Å².